The molecule has 1 aromatic heterocycles. The number of aromatic nitrogens is 2. The molecule has 1 heterocycles. The molecule has 6 nitrogen and oxygen atoms in total. The number of phenolic OH excluding ortho intramolecular Hbond substituents is 1. The van der Waals surface area contributed by atoms with Gasteiger partial charge in [-0.1, -0.05) is 31.1 Å². The second-order valence-corrected chi connectivity index (χ2v) is 5.37. The Balaban J connectivity index is 2.08. The van der Waals surface area contributed by atoms with E-state index in [9.17, 15) is 5.11 Å². The van der Waals surface area contributed by atoms with Crippen molar-refractivity contribution in [1.82, 2.24) is 10.1 Å². The molecule has 2 aromatic rings. The van der Waals surface area contributed by atoms with Gasteiger partial charge in [-0.25, -0.2) is 0 Å². The standard InChI is InChI=1S/C15H21N3O3/c1-9(2)13(20-3)14-17-15(21-18-14)12(16)8-10-4-6-11(19)7-5-10/h4-7,9,12-13,19H,8,16H2,1-3H3/t12-,13?/m1/s1. The highest BCUT2D eigenvalue weighted by Crippen LogP contribution is 2.24. The maximum absolute atomic E-state index is 9.27. The Labute approximate surface area is 123 Å². The molecule has 0 radical (unpaired) electrons. The van der Waals surface area contributed by atoms with Gasteiger partial charge in [-0.15, -0.1) is 0 Å². The summed E-state index contributed by atoms with van der Waals surface area (Å²) in [6.45, 7) is 4.06. The minimum absolute atomic E-state index is 0.205. The van der Waals surface area contributed by atoms with E-state index in [0.29, 0.717) is 18.1 Å². The number of methoxy groups -OCH3 is 1. The van der Waals surface area contributed by atoms with Gasteiger partial charge in [-0.3, -0.25) is 0 Å². The summed E-state index contributed by atoms with van der Waals surface area (Å²) in [6, 6.07) is 6.50. The van der Waals surface area contributed by atoms with Crippen molar-refractivity contribution in [2.24, 2.45) is 11.7 Å². The number of aromatic hydroxyl groups is 1. The quantitative estimate of drug-likeness (QED) is 0.848. The largest absolute Gasteiger partial charge is 0.508 e. The number of nitrogens with two attached hydrogens (primary N) is 1. The monoisotopic (exact) mass is 291 g/mol. The highest BCUT2D eigenvalue weighted by Gasteiger charge is 2.23. The zero-order valence-corrected chi connectivity index (χ0v) is 12.5. The molecule has 0 saturated carbocycles. The molecule has 0 fully saturated rings. The van der Waals surface area contributed by atoms with E-state index in [1.54, 1.807) is 19.2 Å². The predicted octanol–water partition coefficient (Wildman–Crippen LogP) is 2.36. The van der Waals surface area contributed by atoms with Crippen LogP contribution in [-0.2, 0) is 11.2 Å². The minimum atomic E-state index is -0.388. The zero-order valence-electron chi connectivity index (χ0n) is 12.5. The van der Waals surface area contributed by atoms with E-state index < -0.39 is 0 Å². The van der Waals surface area contributed by atoms with Crippen molar-refractivity contribution in [2.45, 2.75) is 32.4 Å². The highest BCUT2D eigenvalue weighted by atomic mass is 16.5. The Kier molecular flexibility index (Phi) is 4.93. The first kappa shape index (κ1) is 15.5. The number of rotatable bonds is 6. The summed E-state index contributed by atoms with van der Waals surface area (Å²) in [5, 5.41) is 13.2. The minimum Gasteiger partial charge on any atom is -0.508 e. The molecule has 6 heteroatoms. The summed E-state index contributed by atoms with van der Waals surface area (Å²) in [4.78, 5) is 4.34. The first-order valence-corrected chi connectivity index (χ1v) is 6.91. The molecule has 0 saturated heterocycles. The van der Waals surface area contributed by atoms with E-state index in [0.717, 1.165) is 5.56 Å². The molecule has 21 heavy (non-hydrogen) atoms. The lowest BCUT2D eigenvalue weighted by Gasteiger charge is -2.14. The highest BCUT2D eigenvalue weighted by molar-refractivity contribution is 5.26. The van der Waals surface area contributed by atoms with Crippen molar-refractivity contribution in [1.29, 1.82) is 0 Å². The molecule has 1 unspecified atom stereocenters. The smallest absolute Gasteiger partial charge is 0.243 e. The fourth-order valence-electron chi connectivity index (χ4n) is 2.16. The molecular weight excluding hydrogens is 270 g/mol. The van der Waals surface area contributed by atoms with Crippen LogP contribution < -0.4 is 5.73 Å². The summed E-state index contributed by atoms with van der Waals surface area (Å²) in [5.41, 5.74) is 7.09. The van der Waals surface area contributed by atoms with Gasteiger partial charge in [0.2, 0.25) is 11.7 Å². The van der Waals surface area contributed by atoms with Gasteiger partial charge in [-0.2, -0.15) is 4.98 Å². The second-order valence-electron chi connectivity index (χ2n) is 5.37. The van der Waals surface area contributed by atoms with Crippen LogP contribution in [0.4, 0.5) is 0 Å². The first-order chi connectivity index (χ1) is 10.0. The first-order valence-electron chi connectivity index (χ1n) is 6.91. The molecule has 3 N–H and O–H groups in total. The molecule has 1 aromatic carbocycles. The molecule has 2 rings (SSSR count). The van der Waals surface area contributed by atoms with Crippen LogP contribution in [0.3, 0.4) is 0 Å². The maximum Gasteiger partial charge on any atom is 0.243 e. The number of benzene rings is 1. The SMILES string of the molecule is COC(c1noc([C@H](N)Cc2ccc(O)cc2)n1)C(C)C. The topological polar surface area (TPSA) is 94.4 Å². The number of phenols is 1. The van der Waals surface area contributed by atoms with E-state index >= 15 is 0 Å². The van der Waals surface area contributed by atoms with Crippen molar-refractivity contribution in [3.05, 3.63) is 41.5 Å². The lowest BCUT2D eigenvalue weighted by Crippen LogP contribution is -2.15. The molecule has 0 aliphatic carbocycles. The molecular formula is C15H21N3O3. The number of nitrogens with zero attached hydrogens (tertiary/aromatic N) is 2. The Morgan fingerprint density at radius 3 is 2.52 bits per heavy atom. The summed E-state index contributed by atoms with van der Waals surface area (Å²) < 4.78 is 10.6. The third kappa shape index (κ3) is 3.80. The number of hydrogen-bond acceptors (Lipinski definition) is 6. The van der Waals surface area contributed by atoms with Crippen molar-refractivity contribution < 1.29 is 14.4 Å². The molecule has 0 aliphatic heterocycles. The Bertz CT molecular complexity index is 566. The molecule has 2 atom stereocenters. The Morgan fingerprint density at radius 2 is 1.95 bits per heavy atom. The van der Waals surface area contributed by atoms with Crippen molar-refractivity contribution in [3.8, 4) is 5.75 Å². The third-order valence-electron chi connectivity index (χ3n) is 3.28. The summed E-state index contributed by atoms with van der Waals surface area (Å²) in [7, 11) is 1.62. The van der Waals surface area contributed by atoms with E-state index in [1.165, 1.54) is 0 Å². The Hall–Kier alpha value is -1.92. The zero-order chi connectivity index (χ0) is 15.4. The van der Waals surface area contributed by atoms with Gasteiger partial charge in [-0.05, 0) is 30.0 Å². The van der Waals surface area contributed by atoms with Gasteiger partial charge < -0.3 is 20.1 Å². The summed E-state index contributed by atoms with van der Waals surface area (Å²) in [6.07, 6.45) is 0.352. The molecule has 114 valence electrons. The average Bonchev–Trinajstić information content (AvgIpc) is 2.91. The van der Waals surface area contributed by atoms with Crippen LogP contribution in [0.25, 0.3) is 0 Å². The van der Waals surface area contributed by atoms with Crippen LogP contribution in [0.15, 0.2) is 28.8 Å². The van der Waals surface area contributed by atoms with Crippen LogP contribution in [0.1, 0.15) is 43.3 Å². The van der Waals surface area contributed by atoms with E-state index in [4.69, 9.17) is 15.0 Å². The van der Waals surface area contributed by atoms with Crippen LogP contribution in [-0.4, -0.2) is 22.4 Å². The van der Waals surface area contributed by atoms with Crippen molar-refractivity contribution in [3.63, 3.8) is 0 Å². The fraction of sp³-hybridized carbons (Fsp3) is 0.467. The van der Waals surface area contributed by atoms with Gasteiger partial charge in [0.25, 0.3) is 0 Å². The van der Waals surface area contributed by atoms with E-state index in [2.05, 4.69) is 10.1 Å². The van der Waals surface area contributed by atoms with Crippen molar-refractivity contribution >= 4 is 0 Å². The molecule has 0 aliphatic rings. The molecule has 0 spiro atoms. The summed E-state index contributed by atoms with van der Waals surface area (Å²) >= 11 is 0. The number of hydrogen-bond donors (Lipinski definition) is 2. The van der Waals surface area contributed by atoms with Gasteiger partial charge in [0, 0.05) is 7.11 Å². The lowest BCUT2D eigenvalue weighted by atomic mass is 10.1. The molecule has 0 amide bonds. The van der Waals surface area contributed by atoms with Crippen LogP contribution >= 0.6 is 0 Å². The second kappa shape index (κ2) is 6.69. The average molecular weight is 291 g/mol. The van der Waals surface area contributed by atoms with Gasteiger partial charge in [0.05, 0.1) is 6.04 Å². The maximum atomic E-state index is 9.27. The normalized spacial score (nSPS) is 14.3. The van der Waals surface area contributed by atoms with Crippen LogP contribution in [0, 0.1) is 5.92 Å². The van der Waals surface area contributed by atoms with E-state index in [-0.39, 0.29) is 23.8 Å². The van der Waals surface area contributed by atoms with E-state index in [1.807, 2.05) is 26.0 Å². The van der Waals surface area contributed by atoms with Crippen LogP contribution in [0.5, 0.6) is 5.75 Å². The van der Waals surface area contributed by atoms with Gasteiger partial charge in [0.1, 0.15) is 11.9 Å². The predicted molar refractivity (Wildman–Crippen MR) is 77.6 cm³/mol. The van der Waals surface area contributed by atoms with Gasteiger partial charge in [0.15, 0.2) is 0 Å². The lowest BCUT2D eigenvalue weighted by molar-refractivity contribution is 0.0555. The molecule has 0 bridgehead atoms. The summed E-state index contributed by atoms with van der Waals surface area (Å²) in [5.74, 6) is 1.38. The Morgan fingerprint density at radius 1 is 1.29 bits per heavy atom. The van der Waals surface area contributed by atoms with Gasteiger partial charge >= 0.3 is 0 Å². The fourth-order valence-corrected chi connectivity index (χ4v) is 2.16. The number of ether oxygens (including phenoxy) is 1. The van der Waals surface area contributed by atoms with Crippen molar-refractivity contribution in [2.75, 3.05) is 7.11 Å². The van der Waals surface area contributed by atoms with Crippen LogP contribution in [0.2, 0.25) is 0 Å². The third-order valence-corrected chi connectivity index (χ3v) is 3.28.